The number of aromatic nitrogens is 4. The second kappa shape index (κ2) is 8.46. The Morgan fingerprint density at radius 3 is 2.88 bits per heavy atom. The Kier molecular flexibility index (Phi) is 5.48. The van der Waals surface area contributed by atoms with Gasteiger partial charge in [0.1, 0.15) is 6.07 Å². The van der Waals surface area contributed by atoms with Crippen molar-refractivity contribution in [2.24, 2.45) is 0 Å². The zero-order valence-corrected chi connectivity index (χ0v) is 18.9. The molecule has 170 valence electrons. The number of fused-ring (bicyclic) bond motifs is 1. The van der Waals surface area contributed by atoms with Gasteiger partial charge in [0.15, 0.2) is 5.82 Å². The van der Waals surface area contributed by atoms with E-state index < -0.39 is 5.41 Å². The van der Waals surface area contributed by atoms with Crippen molar-refractivity contribution in [2.45, 2.75) is 31.2 Å². The number of benzene rings is 1. The first-order valence-electron chi connectivity index (χ1n) is 11.3. The molecule has 2 aliphatic rings. The molecule has 2 aliphatic heterocycles. The second-order valence-corrected chi connectivity index (χ2v) is 9.24. The molecule has 1 aromatic carbocycles. The van der Waals surface area contributed by atoms with Crippen LogP contribution in [0.25, 0.3) is 11.3 Å². The lowest BCUT2D eigenvalue weighted by atomic mass is 9.83. The van der Waals surface area contributed by atoms with Crippen molar-refractivity contribution in [3.63, 3.8) is 0 Å². The summed E-state index contributed by atoms with van der Waals surface area (Å²) in [6.07, 6.45) is 5.88. The van der Waals surface area contributed by atoms with Crippen molar-refractivity contribution in [1.29, 1.82) is 5.26 Å². The minimum absolute atomic E-state index is 0.00214. The van der Waals surface area contributed by atoms with E-state index in [2.05, 4.69) is 43.7 Å². The van der Waals surface area contributed by atoms with Crippen molar-refractivity contribution in [3.8, 4) is 17.3 Å². The fraction of sp³-hybridized carbons (Fsp3) is 0.417. The lowest BCUT2D eigenvalue weighted by Gasteiger charge is -2.28. The standard InChI is InChI=1S/C24H28N8O/c1-24(15-33)14-27-22-17(13-25)11-16(12-19(22)24)20-3-7-26-23(28-20)29-21-6-10-32(30-21)18-4-8-31(2)9-5-18/h3,6-7,10-12,18,27,33H,4-5,8-9,14-15H2,1-2H3,(H,26,28,29,30). The van der Waals surface area contributed by atoms with Gasteiger partial charge in [-0.2, -0.15) is 10.4 Å². The van der Waals surface area contributed by atoms with E-state index in [1.54, 1.807) is 6.20 Å². The highest BCUT2D eigenvalue weighted by atomic mass is 16.3. The average molecular weight is 445 g/mol. The smallest absolute Gasteiger partial charge is 0.228 e. The van der Waals surface area contributed by atoms with E-state index in [0.717, 1.165) is 42.7 Å². The van der Waals surface area contributed by atoms with Gasteiger partial charge in [0, 0.05) is 36.0 Å². The van der Waals surface area contributed by atoms with Crippen LogP contribution in [-0.4, -0.2) is 63.0 Å². The quantitative estimate of drug-likeness (QED) is 0.550. The summed E-state index contributed by atoms with van der Waals surface area (Å²) in [7, 11) is 2.15. The predicted octanol–water partition coefficient (Wildman–Crippen LogP) is 2.90. The fourth-order valence-electron chi connectivity index (χ4n) is 4.63. The number of piperidine rings is 1. The number of nitrogens with zero attached hydrogens (tertiary/aromatic N) is 6. The molecular formula is C24H28N8O. The maximum Gasteiger partial charge on any atom is 0.228 e. The number of nitriles is 1. The van der Waals surface area contributed by atoms with E-state index in [4.69, 9.17) is 0 Å². The van der Waals surface area contributed by atoms with Gasteiger partial charge in [0.25, 0.3) is 0 Å². The lowest BCUT2D eigenvalue weighted by Crippen LogP contribution is -2.31. The molecule has 9 heteroatoms. The SMILES string of the molecule is CN1CCC(n2ccc(Nc3nccc(-c4cc(C#N)c5c(c4)C(C)(CO)CN5)n3)n2)CC1. The normalized spacial score (nSPS) is 20.8. The van der Waals surface area contributed by atoms with Crippen molar-refractivity contribution in [2.75, 3.05) is 43.9 Å². The number of likely N-dealkylation sites (tertiary alicyclic amines) is 1. The van der Waals surface area contributed by atoms with Crippen molar-refractivity contribution in [1.82, 2.24) is 24.6 Å². The Morgan fingerprint density at radius 1 is 1.30 bits per heavy atom. The molecule has 2 aromatic heterocycles. The topological polar surface area (TPSA) is 115 Å². The predicted molar refractivity (Wildman–Crippen MR) is 126 cm³/mol. The van der Waals surface area contributed by atoms with Crippen LogP contribution in [0.15, 0.2) is 36.7 Å². The van der Waals surface area contributed by atoms with Gasteiger partial charge in [-0.1, -0.05) is 6.92 Å². The van der Waals surface area contributed by atoms with Gasteiger partial charge >= 0.3 is 0 Å². The summed E-state index contributed by atoms with van der Waals surface area (Å²) in [5, 5.41) is 30.8. The van der Waals surface area contributed by atoms with E-state index in [-0.39, 0.29) is 6.61 Å². The van der Waals surface area contributed by atoms with E-state index in [1.807, 2.05) is 42.1 Å². The van der Waals surface area contributed by atoms with Gasteiger partial charge in [-0.15, -0.1) is 0 Å². The van der Waals surface area contributed by atoms with Crippen LogP contribution in [-0.2, 0) is 5.41 Å². The van der Waals surface area contributed by atoms with Crippen LogP contribution in [0.4, 0.5) is 17.5 Å². The van der Waals surface area contributed by atoms with Crippen LogP contribution in [0.3, 0.4) is 0 Å². The summed E-state index contributed by atoms with van der Waals surface area (Å²) in [6, 6.07) is 10.3. The molecule has 1 atom stereocenters. The number of aliphatic hydroxyl groups excluding tert-OH is 1. The third-order valence-corrected chi connectivity index (χ3v) is 6.78. The minimum Gasteiger partial charge on any atom is -0.395 e. The number of nitrogens with one attached hydrogen (secondary N) is 2. The van der Waals surface area contributed by atoms with Crippen LogP contribution in [0.1, 0.15) is 36.9 Å². The van der Waals surface area contributed by atoms with Crippen molar-refractivity contribution >= 4 is 17.5 Å². The van der Waals surface area contributed by atoms with E-state index >= 15 is 0 Å². The van der Waals surface area contributed by atoms with E-state index in [9.17, 15) is 10.4 Å². The summed E-state index contributed by atoms with van der Waals surface area (Å²) in [4.78, 5) is 11.4. The molecule has 9 nitrogen and oxygen atoms in total. The van der Waals surface area contributed by atoms with Crippen LogP contribution >= 0.6 is 0 Å². The van der Waals surface area contributed by atoms with Gasteiger partial charge in [-0.3, -0.25) is 4.68 Å². The highest BCUT2D eigenvalue weighted by Gasteiger charge is 2.36. The summed E-state index contributed by atoms with van der Waals surface area (Å²) < 4.78 is 2.03. The second-order valence-electron chi connectivity index (χ2n) is 9.24. The minimum atomic E-state index is -0.439. The lowest BCUT2D eigenvalue weighted by molar-refractivity contribution is 0.212. The third-order valence-electron chi connectivity index (χ3n) is 6.78. The maximum atomic E-state index is 9.94. The number of hydrogen-bond acceptors (Lipinski definition) is 8. The van der Waals surface area contributed by atoms with Crippen molar-refractivity contribution < 1.29 is 5.11 Å². The Labute approximate surface area is 193 Å². The van der Waals surface area contributed by atoms with Gasteiger partial charge < -0.3 is 20.6 Å². The molecule has 0 bridgehead atoms. The average Bonchev–Trinajstić information content (AvgIpc) is 3.44. The van der Waals surface area contributed by atoms with Crippen molar-refractivity contribution in [3.05, 3.63) is 47.8 Å². The monoisotopic (exact) mass is 444 g/mol. The molecule has 1 fully saturated rings. The summed E-state index contributed by atoms with van der Waals surface area (Å²) in [6.45, 7) is 4.74. The Balaban J connectivity index is 1.40. The third kappa shape index (κ3) is 4.03. The number of hydrogen-bond donors (Lipinski definition) is 3. The first-order valence-corrected chi connectivity index (χ1v) is 11.3. The first-order chi connectivity index (χ1) is 16.0. The molecule has 4 heterocycles. The van der Waals surface area contributed by atoms with Gasteiger partial charge in [0.2, 0.25) is 5.95 Å². The van der Waals surface area contributed by atoms with E-state index in [1.165, 1.54) is 0 Å². The number of anilines is 3. The van der Waals surface area contributed by atoms with Gasteiger partial charge in [0.05, 0.1) is 29.6 Å². The van der Waals surface area contributed by atoms with Crippen LogP contribution in [0.5, 0.6) is 0 Å². The number of rotatable bonds is 5. The molecule has 0 saturated carbocycles. The molecule has 3 aromatic rings. The molecule has 0 aliphatic carbocycles. The molecule has 33 heavy (non-hydrogen) atoms. The molecule has 0 radical (unpaired) electrons. The molecule has 5 rings (SSSR count). The summed E-state index contributed by atoms with van der Waals surface area (Å²) in [5.74, 6) is 1.15. The molecule has 1 unspecified atom stereocenters. The summed E-state index contributed by atoms with van der Waals surface area (Å²) in [5.41, 5.74) is 3.36. The van der Waals surface area contributed by atoms with Gasteiger partial charge in [-0.25, -0.2) is 9.97 Å². The Morgan fingerprint density at radius 2 is 2.12 bits per heavy atom. The van der Waals surface area contributed by atoms with Crippen LogP contribution in [0.2, 0.25) is 0 Å². The first kappa shape index (κ1) is 21.4. The summed E-state index contributed by atoms with van der Waals surface area (Å²) >= 11 is 0. The van der Waals surface area contributed by atoms with Crippen LogP contribution < -0.4 is 10.6 Å². The number of aliphatic hydroxyl groups is 1. The molecular weight excluding hydrogens is 416 g/mol. The molecule has 0 amide bonds. The zero-order chi connectivity index (χ0) is 23.0. The van der Waals surface area contributed by atoms with E-state index in [0.29, 0.717) is 35.6 Å². The fourth-order valence-corrected chi connectivity index (χ4v) is 4.63. The zero-order valence-electron chi connectivity index (χ0n) is 18.9. The van der Waals surface area contributed by atoms with Crippen LogP contribution in [0, 0.1) is 11.3 Å². The molecule has 1 saturated heterocycles. The largest absolute Gasteiger partial charge is 0.395 e. The maximum absolute atomic E-state index is 9.94. The Hall–Kier alpha value is -3.48. The highest BCUT2D eigenvalue weighted by Crippen LogP contribution is 2.41. The van der Waals surface area contributed by atoms with Gasteiger partial charge in [-0.05, 0) is 56.7 Å². The Bertz CT molecular complexity index is 1210. The molecule has 3 N–H and O–H groups in total. The highest BCUT2D eigenvalue weighted by molar-refractivity contribution is 5.76. The molecule has 0 spiro atoms.